The van der Waals surface area contributed by atoms with Crippen LogP contribution in [0.2, 0.25) is 0 Å². The Bertz CT molecular complexity index is 889. The fraction of sp³-hybridized carbons (Fsp3) is 0.350. The van der Waals surface area contributed by atoms with Crippen LogP contribution in [-0.2, 0) is 14.8 Å². The molecule has 6 nitrogen and oxygen atoms in total. The summed E-state index contributed by atoms with van der Waals surface area (Å²) >= 11 is 0. The van der Waals surface area contributed by atoms with Gasteiger partial charge in [-0.3, -0.25) is 4.79 Å². The Labute approximate surface area is 161 Å². The number of hydrogen-bond donors (Lipinski definition) is 1. The monoisotopic (exact) mass is 390 g/mol. The third kappa shape index (κ3) is 5.30. The number of nitrogens with one attached hydrogen (secondary N) is 1. The summed E-state index contributed by atoms with van der Waals surface area (Å²) < 4.78 is 31.8. The molecule has 0 bridgehead atoms. The molecule has 0 aliphatic carbocycles. The van der Waals surface area contributed by atoms with Crippen molar-refractivity contribution in [3.05, 3.63) is 53.6 Å². The highest BCUT2D eigenvalue weighted by Gasteiger charge is 2.21. The number of ether oxygens (including phenoxy) is 1. The molecule has 0 radical (unpaired) electrons. The molecule has 146 valence electrons. The van der Waals surface area contributed by atoms with Gasteiger partial charge in [0.15, 0.2) is 6.61 Å². The summed E-state index contributed by atoms with van der Waals surface area (Å²) in [6, 6.07) is 11.8. The number of nitrogens with zero attached hydrogens (tertiary/aromatic N) is 1. The molecule has 0 heterocycles. The first-order chi connectivity index (χ1) is 12.8. The van der Waals surface area contributed by atoms with Crippen LogP contribution < -0.4 is 10.1 Å². The first-order valence-corrected chi connectivity index (χ1v) is 10.3. The number of aryl methyl sites for hydroxylation is 2. The lowest BCUT2D eigenvalue weighted by molar-refractivity contribution is -0.118. The van der Waals surface area contributed by atoms with Gasteiger partial charge in [-0.2, -0.15) is 4.31 Å². The topological polar surface area (TPSA) is 75.7 Å². The molecule has 2 aromatic rings. The Morgan fingerprint density at radius 1 is 1.00 bits per heavy atom. The van der Waals surface area contributed by atoms with E-state index >= 15 is 0 Å². The molecule has 0 aliphatic heterocycles. The number of rotatable bonds is 8. The van der Waals surface area contributed by atoms with Crippen LogP contribution in [0.1, 0.15) is 25.0 Å². The normalized spacial score (nSPS) is 11.4. The van der Waals surface area contributed by atoms with E-state index in [0.717, 1.165) is 11.1 Å². The Hall–Kier alpha value is -2.38. The Kier molecular flexibility index (Phi) is 6.98. The maximum absolute atomic E-state index is 12.5. The van der Waals surface area contributed by atoms with E-state index in [2.05, 4.69) is 5.32 Å². The Morgan fingerprint density at radius 2 is 1.63 bits per heavy atom. The molecule has 1 amide bonds. The van der Waals surface area contributed by atoms with Gasteiger partial charge in [-0.25, -0.2) is 8.42 Å². The lowest BCUT2D eigenvalue weighted by Crippen LogP contribution is -2.30. The van der Waals surface area contributed by atoms with E-state index in [1.807, 2.05) is 32.0 Å². The van der Waals surface area contributed by atoms with E-state index < -0.39 is 10.0 Å². The van der Waals surface area contributed by atoms with E-state index in [-0.39, 0.29) is 17.4 Å². The van der Waals surface area contributed by atoms with Crippen molar-refractivity contribution in [1.29, 1.82) is 0 Å². The number of amides is 1. The summed E-state index contributed by atoms with van der Waals surface area (Å²) in [5, 5.41) is 2.70. The predicted molar refractivity (Wildman–Crippen MR) is 107 cm³/mol. The van der Waals surface area contributed by atoms with Gasteiger partial charge < -0.3 is 10.1 Å². The summed E-state index contributed by atoms with van der Waals surface area (Å²) in [6.07, 6.45) is 0. The molecule has 1 N–H and O–H groups in total. The minimum atomic E-state index is -3.50. The fourth-order valence-corrected chi connectivity index (χ4v) is 4.03. The van der Waals surface area contributed by atoms with Gasteiger partial charge in [0.2, 0.25) is 10.0 Å². The SMILES string of the molecule is CCN(CC)S(=O)(=O)c1ccc(NC(=O)COc2ccc(C)c(C)c2)cc1. The number of hydrogen-bond acceptors (Lipinski definition) is 4. The highest BCUT2D eigenvalue weighted by Crippen LogP contribution is 2.19. The lowest BCUT2D eigenvalue weighted by atomic mass is 10.1. The standard InChI is InChI=1S/C20H26N2O4S/c1-5-22(6-2)27(24,25)19-11-8-17(9-12-19)21-20(23)14-26-18-10-7-15(3)16(4)13-18/h7-13H,5-6,14H2,1-4H3,(H,21,23). The van der Waals surface area contributed by atoms with Crippen LogP contribution in [-0.4, -0.2) is 38.3 Å². The van der Waals surface area contributed by atoms with Gasteiger partial charge in [0.25, 0.3) is 5.91 Å². The quantitative estimate of drug-likeness (QED) is 0.750. The van der Waals surface area contributed by atoms with Gasteiger partial charge in [-0.1, -0.05) is 19.9 Å². The summed E-state index contributed by atoms with van der Waals surface area (Å²) in [6.45, 7) is 8.28. The highest BCUT2D eigenvalue weighted by atomic mass is 32.2. The van der Waals surface area contributed by atoms with Gasteiger partial charge in [0.05, 0.1) is 4.90 Å². The van der Waals surface area contributed by atoms with E-state index in [9.17, 15) is 13.2 Å². The zero-order chi connectivity index (χ0) is 20.0. The van der Waals surface area contributed by atoms with Crippen molar-refractivity contribution >= 4 is 21.6 Å². The average molecular weight is 391 g/mol. The molecule has 0 unspecified atom stereocenters. The summed E-state index contributed by atoms with van der Waals surface area (Å²) in [4.78, 5) is 12.3. The van der Waals surface area contributed by atoms with Crippen LogP contribution >= 0.6 is 0 Å². The molecule has 7 heteroatoms. The largest absolute Gasteiger partial charge is 0.484 e. The van der Waals surface area contributed by atoms with Crippen LogP contribution in [0.15, 0.2) is 47.4 Å². The van der Waals surface area contributed by atoms with E-state index in [1.54, 1.807) is 26.0 Å². The minimum absolute atomic E-state index is 0.123. The number of carbonyl (C=O) groups excluding carboxylic acids is 1. The second kappa shape index (κ2) is 9.01. The van der Waals surface area contributed by atoms with Crippen molar-refractivity contribution < 1.29 is 17.9 Å². The maximum Gasteiger partial charge on any atom is 0.262 e. The molecule has 0 saturated heterocycles. The van der Waals surface area contributed by atoms with Crippen LogP contribution in [0.3, 0.4) is 0 Å². The first kappa shape index (κ1) is 20.9. The molecular weight excluding hydrogens is 364 g/mol. The Morgan fingerprint density at radius 3 is 2.19 bits per heavy atom. The third-order valence-electron chi connectivity index (χ3n) is 4.33. The molecule has 0 fully saturated rings. The molecule has 0 atom stereocenters. The van der Waals surface area contributed by atoms with Crippen molar-refractivity contribution in [3.63, 3.8) is 0 Å². The zero-order valence-corrected chi connectivity index (χ0v) is 17.0. The Balaban J connectivity index is 1.97. The first-order valence-electron chi connectivity index (χ1n) is 8.88. The molecule has 2 aromatic carbocycles. The van der Waals surface area contributed by atoms with Crippen molar-refractivity contribution in [2.24, 2.45) is 0 Å². The summed E-state index contributed by atoms with van der Waals surface area (Å²) in [5.74, 6) is 0.321. The maximum atomic E-state index is 12.5. The lowest BCUT2D eigenvalue weighted by Gasteiger charge is -2.18. The second-order valence-corrected chi connectivity index (χ2v) is 8.13. The van der Waals surface area contributed by atoms with Crippen molar-refractivity contribution in [3.8, 4) is 5.75 Å². The van der Waals surface area contributed by atoms with Crippen molar-refractivity contribution in [1.82, 2.24) is 4.31 Å². The average Bonchev–Trinajstić information content (AvgIpc) is 2.64. The summed E-state index contributed by atoms with van der Waals surface area (Å²) in [5.41, 5.74) is 2.77. The fourth-order valence-electron chi connectivity index (χ4n) is 2.57. The molecule has 0 saturated carbocycles. The van der Waals surface area contributed by atoms with Crippen LogP contribution in [0.5, 0.6) is 5.75 Å². The van der Waals surface area contributed by atoms with Gasteiger partial charge in [0.1, 0.15) is 5.75 Å². The predicted octanol–water partition coefficient (Wildman–Crippen LogP) is 3.35. The highest BCUT2D eigenvalue weighted by molar-refractivity contribution is 7.89. The van der Waals surface area contributed by atoms with E-state index in [0.29, 0.717) is 24.5 Å². The minimum Gasteiger partial charge on any atom is -0.484 e. The van der Waals surface area contributed by atoms with Crippen LogP contribution in [0, 0.1) is 13.8 Å². The molecular formula is C20H26N2O4S. The molecule has 0 spiro atoms. The van der Waals surface area contributed by atoms with Crippen molar-refractivity contribution in [2.75, 3.05) is 25.0 Å². The van der Waals surface area contributed by atoms with Crippen molar-refractivity contribution in [2.45, 2.75) is 32.6 Å². The third-order valence-corrected chi connectivity index (χ3v) is 6.39. The number of anilines is 1. The van der Waals surface area contributed by atoms with E-state index in [4.69, 9.17) is 4.74 Å². The van der Waals surface area contributed by atoms with Crippen LogP contribution in [0.25, 0.3) is 0 Å². The molecule has 0 aromatic heterocycles. The number of benzene rings is 2. The zero-order valence-electron chi connectivity index (χ0n) is 16.2. The van der Waals surface area contributed by atoms with E-state index in [1.165, 1.54) is 16.4 Å². The number of sulfonamides is 1. The number of carbonyl (C=O) groups is 1. The van der Waals surface area contributed by atoms with Crippen LogP contribution in [0.4, 0.5) is 5.69 Å². The molecule has 2 rings (SSSR count). The summed E-state index contributed by atoms with van der Waals surface area (Å²) in [7, 11) is -3.50. The van der Waals surface area contributed by atoms with Gasteiger partial charge in [-0.05, 0) is 61.4 Å². The van der Waals surface area contributed by atoms with Gasteiger partial charge in [0, 0.05) is 18.8 Å². The van der Waals surface area contributed by atoms with Gasteiger partial charge >= 0.3 is 0 Å². The van der Waals surface area contributed by atoms with Gasteiger partial charge in [-0.15, -0.1) is 0 Å². The second-order valence-electron chi connectivity index (χ2n) is 6.20. The molecule has 27 heavy (non-hydrogen) atoms. The molecule has 0 aliphatic rings. The smallest absolute Gasteiger partial charge is 0.262 e.